The smallest absolute Gasteiger partial charge is 0.200 e. The van der Waals surface area contributed by atoms with Gasteiger partial charge in [-0.15, -0.1) is 0 Å². The normalized spacial score (nSPS) is 17.3. The van der Waals surface area contributed by atoms with Crippen LogP contribution in [0.25, 0.3) is 0 Å². The molecule has 1 unspecified atom stereocenters. The first-order valence-corrected chi connectivity index (χ1v) is 6.65. The van der Waals surface area contributed by atoms with Crippen LogP contribution in [0.5, 0.6) is 0 Å². The van der Waals surface area contributed by atoms with Gasteiger partial charge in [0.25, 0.3) is 0 Å². The molecule has 3 N–H and O–H groups in total. The van der Waals surface area contributed by atoms with Crippen LogP contribution in [0.4, 0.5) is 22.0 Å². The number of nitrogens with one attached hydrogen (secondary N) is 1. The summed E-state index contributed by atoms with van der Waals surface area (Å²) in [6, 6.07) is -1.23. The Balaban J connectivity index is 2.55. The van der Waals surface area contributed by atoms with E-state index in [0.717, 1.165) is 19.3 Å². The zero-order valence-corrected chi connectivity index (χ0v) is 11.2. The topological polar surface area (TPSA) is 38.0 Å². The Morgan fingerprint density at radius 3 is 2.00 bits per heavy atom. The minimum atomic E-state index is -2.17. The molecule has 0 saturated heterocycles. The van der Waals surface area contributed by atoms with Crippen LogP contribution in [-0.4, -0.2) is 0 Å². The molecule has 0 fully saturated rings. The van der Waals surface area contributed by atoms with Gasteiger partial charge in [0.2, 0.25) is 5.82 Å². The van der Waals surface area contributed by atoms with Gasteiger partial charge in [-0.1, -0.05) is 18.1 Å². The van der Waals surface area contributed by atoms with Crippen molar-refractivity contribution in [2.24, 2.45) is 5.84 Å². The molecular formula is C14H15F5N2. The van der Waals surface area contributed by atoms with E-state index in [9.17, 15) is 22.0 Å². The molecule has 116 valence electrons. The van der Waals surface area contributed by atoms with E-state index < -0.39 is 40.7 Å². The fourth-order valence-electron chi connectivity index (χ4n) is 2.55. The van der Waals surface area contributed by atoms with Crippen molar-refractivity contribution in [2.45, 2.75) is 38.1 Å². The minimum absolute atomic E-state index is 0.494. The van der Waals surface area contributed by atoms with Crippen molar-refractivity contribution >= 4 is 0 Å². The first kappa shape index (κ1) is 15.9. The molecule has 2 nitrogen and oxygen atoms in total. The van der Waals surface area contributed by atoms with E-state index in [4.69, 9.17) is 5.84 Å². The molecule has 0 heterocycles. The Morgan fingerprint density at radius 2 is 1.43 bits per heavy atom. The zero-order chi connectivity index (χ0) is 15.6. The summed E-state index contributed by atoms with van der Waals surface area (Å²) >= 11 is 0. The van der Waals surface area contributed by atoms with E-state index in [0.29, 0.717) is 18.4 Å². The number of rotatable bonds is 3. The van der Waals surface area contributed by atoms with Crippen molar-refractivity contribution in [3.63, 3.8) is 0 Å². The third kappa shape index (κ3) is 2.94. The fourth-order valence-corrected chi connectivity index (χ4v) is 2.55. The summed E-state index contributed by atoms with van der Waals surface area (Å²) in [6.07, 6.45) is 5.55. The number of hydrazine groups is 1. The lowest BCUT2D eigenvalue weighted by atomic mass is 9.94. The summed E-state index contributed by atoms with van der Waals surface area (Å²) in [5.74, 6) is -4.48. The maximum Gasteiger partial charge on any atom is 0.200 e. The molecule has 0 amide bonds. The maximum absolute atomic E-state index is 13.9. The number of nitrogens with two attached hydrogens (primary N) is 1. The average Bonchev–Trinajstić information content (AvgIpc) is 2.76. The van der Waals surface area contributed by atoms with E-state index in [2.05, 4.69) is 5.43 Å². The second kappa shape index (κ2) is 6.53. The summed E-state index contributed by atoms with van der Waals surface area (Å²) in [6.45, 7) is 0. The highest BCUT2D eigenvalue weighted by atomic mass is 19.2. The molecular weight excluding hydrogens is 291 g/mol. The Morgan fingerprint density at radius 1 is 0.857 bits per heavy atom. The molecule has 0 saturated carbocycles. The van der Waals surface area contributed by atoms with Gasteiger partial charge in [0.1, 0.15) is 0 Å². The number of hydrogen-bond acceptors (Lipinski definition) is 2. The predicted molar refractivity (Wildman–Crippen MR) is 67.5 cm³/mol. The largest absolute Gasteiger partial charge is 0.271 e. The Kier molecular flexibility index (Phi) is 4.95. The summed E-state index contributed by atoms with van der Waals surface area (Å²) < 4.78 is 67.4. The monoisotopic (exact) mass is 306 g/mol. The van der Waals surface area contributed by atoms with Crippen molar-refractivity contribution in [3.8, 4) is 0 Å². The number of halogens is 5. The zero-order valence-electron chi connectivity index (χ0n) is 11.2. The van der Waals surface area contributed by atoms with Crippen LogP contribution in [0, 0.1) is 29.1 Å². The van der Waals surface area contributed by atoms with Crippen LogP contribution in [-0.2, 0) is 0 Å². The molecule has 2 rings (SSSR count). The van der Waals surface area contributed by atoms with E-state index in [1.54, 1.807) is 6.08 Å². The quantitative estimate of drug-likeness (QED) is 0.223. The lowest BCUT2D eigenvalue weighted by Crippen LogP contribution is -2.32. The molecule has 1 atom stereocenters. The molecule has 1 aliphatic carbocycles. The molecule has 0 radical (unpaired) electrons. The fraction of sp³-hybridized carbons (Fsp3) is 0.429. The van der Waals surface area contributed by atoms with Gasteiger partial charge < -0.3 is 0 Å². The van der Waals surface area contributed by atoms with Crippen LogP contribution in [0.1, 0.15) is 43.7 Å². The molecule has 21 heavy (non-hydrogen) atoms. The van der Waals surface area contributed by atoms with Gasteiger partial charge in [-0.25, -0.2) is 27.4 Å². The van der Waals surface area contributed by atoms with Gasteiger partial charge in [-0.05, 0) is 25.7 Å². The molecule has 1 aliphatic rings. The van der Waals surface area contributed by atoms with Crippen molar-refractivity contribution in [2.75, 3.05) is 0 Å². The van der Waals surface area contributed by atoms with Crippen LogP contribution < -0.4 is 11.3 Å². The number of allylic oxidation sites excluding steroid dienone is 1. The van der Waals surface area contributed by atoms with Crippen molar-refractivity contribution < 1.29 is 22.0 Å². The molecule has 1 aromatic rings. The molecule has 1 aromatic carbocycles. The standard InChI is InChI=1S/C14H15F5N2/c15-9-8(10(16)12(18)13(19)11(9)17)14(21-20)7-5-3-1-2-4-6-7/h5,14,21H,1-4,6,20H2. The first-order valence-electron chi connectivity index (χ1n) is 6.65. The van der Waals surface area contributed by atoms with Gasteiger partial charge in [0.15, 0.2) is 23.3 Å². The number of hydrogen-bond donors (Lipinski definition) is 2. The van der Waals surface area contributed by atoms with E-state index in [-0.39, 0.29) is 0 Å². The SMILES string of the molecule is NNC(C1=CCCCCC1)c1c(F)c(F)c(F)c(F)c1F. The summed E-state index contributed by atoms with van der Waals surface area (Å²) in [7, 11) is 0. The van der Waals surface area contributed by atoms with Crippen molar-refractivity contribution in [3.05, 3.63) is 46.3 Å². The van der Waals surface area contributed by atoms with E-state index in [1.165, 1.54) is 0 Å². The van der Waals surface area contributed by atoms with Gasteiger partial charge in [0, 0.05) is 0 Å². The van der Waals surface area contributed by atoms with Gasteiger partial charge >= 0.3 is 0 Å². The third-order valence-electron chi connectivity index (χ3n) is 3.65. The Bertz CT molecular complexity index is 542. The molecule has 0 aromatic heterocycles. The molecule has 7 heteroatoms. The van der Waals surface area contributed by atoms with Crippen molar-refractivity contribution in [1.29, 1.82) is 0 Å². The summed E-state index contributed by atoms with van der Waals surface area (Å²) in [4.78, 5) is 0. The van der Waals surface area contributed by atoms with Crippen LogP contribution >= 0.6 is 0 Å². The lowest BCUT2D eigenvalue weighted by molar-refractivity contribution is 0.361. The Labute approximate surface area is 118 Å². The summed E-state index contributed by atoms with van der Waals surface area (Å²) in [5, 5.41) is 0. The van der Waals surface area contributed by atoms with E-state index >= 15 is 0 Å². The second-order valence-electron chi connectivity index (χ2n) is 4.96. The first-order chi connectivity index (χ1) is 9.99. The van der Waals surface area contributed by atoms with E-state index in [1.807, 2.05) is 0 Å². The average molecular weight is 306 g/mol. The Hall–Kier alpha value is -1.47. The van der Waals surface area contributed by atoms with Gasteiger partial charge in [-0.3, -0.25) is 5.84 Å². The highest BCUT2D eigenvalue weighted by molar-refractivity contribution is 5.33. The lowest BCUT2D eigenvalue weighted by Gasteiger charge is -2.21. The third-order valence-corrected chi connectivity index (χ3v) is 3.65. The van der Waals surface area contributed by atoms with Crippen LogP contribution in [0.15, 0.2) is 11.6 Å². The predicted octanol–water partition coefficient (Wildman–Crippen LogP) is 3.78. The minimum Gasteiger partial charge on any atom is -0.271 e. The molecule has 0 bridgehead atoms. The van der Waals surface area contributed by atoms with Crippen LogP contribution in [0.3, 0.4) is 0 Å². The van der Waals surface area contributed by atoms with Crippen molar-refractivity contribution in [1.82, 2.24) is 5.43 Å². The molecule has 0 spiro atoms. The second-order valence-corrected chi connectivity index (χ2v) is 4.96. The highest BCUT2D eigenvalue weighted by Gasteiger charge is 2.31. The van der Waals surface area contributed by atoms with Gasteiger partial charge in [-0.2, -0.15) is 0 Å². The van der Waals surface area contributed by atoms with Gasteiger partial charge in [0.05, 0.1) is 11.6 Å². The maximum atomic E-state index is 13.9. The molecule has 0 aliphatic heterocycles. The number of benzene rings is 1. The van der Waals surface area contributed by atoms with Crippen LogP contribution in [0.2, 0.25) is 0 Å². The summed E-state index contributed by atoms with van der Waals surface area (Å²) in [5.41, 5.74) is 1.78. The highest BCUT2D eigenvalue weighted by Crippen LogP contribution is 2.34.